The van der Waals surface area contributed by atoms with Crippen LogP contribution in [0.1, 0.15) is 28.4 Å². The Bertz CT molecular complexity index is 795. The monoisotopic (exact) mass is 381 g/mol. The maximum atomic E-state index is 12.5. The third kappa shape index (κ3) is 5.33. The Balaban J connectivity index is 1.47. The minimum absolute atomic E-state index is 0.112. The first-order valence-electron chi connectivity index (χ1n) is 9.66. The van der Waals surface area contributed by atoms with Gasteiger partial charge in [0.1, 0.15) is 0 Å². The van der Waals surface area contributed by atoms with E-state index >= 15 is 0 Å². The van der Waals surface area contributed by atoms with Crippen molar-refractivity contribution in [2.75, 3.05) is 38.1 Å². The molecule has 0 saturated carbocycles. The number of benzene rings is 2. The highest BCUT2D eigenvalue weighted by molar-refractivity contribution is 5.92. The molecule has 0 bridgehead atoms. The topological polar surface area (TPSA) is 61.9 Å². The molecule has 1 heterocycles. The average molecular weight is 381 g/mol. The quantitative estimate of drug-likeness (QED) is 0.805. The number of ether oxygens (including phenoxy) is 1. The number of amides is 2. The lowest BCUT2D eigenvalue weighted by Gasteiger charge is -2.34. The van der Waals surface area contributed by atoms with Crippen molar-refractivity contribution < 1.29 is 14.3 Å². The summed E-state index contributed by atoms with van der Waals surface area (Å²) in [5, 5.41) is 2.90. The number of carbonyl (C=O) groups is 2. The number of urea groups is 1. The standard InChI is InChI=1S/C22H27N3O3/c1-3-28-21(26)19-8-10-20(11-9-19)23-22(27)25-14-12-24(13-15-25)16-18-6-4-17(2)5-7-18/h4-11H,3,12-16H2,1-2H3,(H,23,27). The summed E-state index contributed by atoms with van der Waals surface area (Å²) < 4.78 is 4.96. The highest BCUT2D eigenvalue weighted by Gasteiger charge is 2.21. The van der Waals surface area contributed by atoms with Crippen LogP contribution in [0, 0.1) is 6.92 Å². The number of nitrogens with zero attached hydrogens (tertiary/aromatic N) is 2. The predicted molar refractivity (Wildman–Crippen MR) is 109 cm³/mol. The summed E-state index contributed by atoms with van der Waals surface area (Å²) in [5.41, 5.74) is 3.70. The zero-order valence-corrected chi connectivity index (χ0v) is 16.5. The van der Waals surface area contributed by atoms with Gasteiger partial charge in [-0.25, -0.2) is 9.59 Å². The number of hydrogen-bond acceptors (Lipinski definition) is 4. The van der Waals surface area contributed by atoms with Crippen molar-refractivity contribution in [1.29, 1.82) is 0 Å². The normalized spacial score (nSPS) is 14.6. The molecule has 0 aromatic heterocycles. The highest BCUT2D eigenvalue weighted by Crippen LogP contribution is 2.14. The van der Waals surface area contributed by atoms with Gasteiger partial charge in [0.25, 0.3) is 0 Å². The zero-order chi connectivity index (χ0) is 19.9. The van der Waals surface area contributed by atoms with Crippen molar-refractivity contribution in [1.82, 2.24) is 9.80 Å². The first-order valence-corrected chi connectivity index (χ1v) is 9.66. The average Bonchev–Trinajstić information content (AvgIpc) is 2.71. The van der Waals surface area contributed by atoms with Gasteiger partial charge in [0.05, 0.1) is 12.2 Å². The van der Waals surface area contributed by atoms with Crippen LogP contribution in [0.25, 0.3) is 0 Å². The molecule has 1 saturated heterocycles. The summed E-state index contributed by atoms with van der Waals surface area (Å²) >= 11 is 0. The second-order valence-electron chi connectivity index (χ2n) is 6.98. The molecule has 1 aliphatic rings. The summed E-state index contributed by atoms with van der Waals surface area (Å²) in [6.45, 7) is 8.19. The van der Waals surface area contributed by atoms with Crippen molar-refractivity contribution in [3.63, 3.8) is 0 Å². The molecular formula is C22H27N3O3. The molecule has 3 rings (SSSR count). The van der Waals surface area contributed by atoms with Gasteiger partial charge in [-0.2, -0.15) is 0 Å². The van der Waals surface area contributed by atoms with Gasteiger partial charge in [-0.1, -0.05) is 29.8 Å². The van der Waals surface area contributed by atoms with Crippen molar-refractivity contribution in [2.24, 2.45) is 0 Å². The van der Waals surface area contributed by atoms with Gasteiger partial charge in [0.15, 0.2) is 0 Å². The lowest BCUT2D eigenvalue weighted by molar-refractivity contribution is 0.0526. The van der Waals surface area contributed by atoms with Gasteiger partial charge in [0.2, 0.25) is 0 Å². The maximum Gasteiger partial charge on any atom is 0.338 e. The molecule has 1 N–H and O–H groups in total. The van der Waals surface area contributed by atoms with Crippen molar-refractivity contribution >= 4 is 17.7 Å². The van der Waals surface area contributed by atoms with Crippen LogP contribution >= 0.6 is 0 Å². The van der Waals surface area contributed by atoms with E-state index in [1.807, 2.05) is 4.90 Å². The van der Waals surface area contributed by atoms with Crippen LogP contribution in [-0.2, 0) is 11.3 Å². The second kappa shape index (κ2) is 9.37. The minimum Gasteiger partial charge on any atom is -0.462 e. The number of esters is 1. The molecule has 2 aromatic carbocycles. The predicted octanol–water partition coefficient (Wildman–Crippen LogP) is 3.52. The number of hydrogen-bond donors (Lipinski definition) is 1. The molecule has 1 aliphatic heterocycles. The lowest BCUT2D eigenvalue weighted by atomic mass is 10.1. The molecule has 0 atom stereocenters. The van der Waals surface area contributed by atoms with Crippen LogP contribution in [0.4, 0.5) is 10.5 Å². The van der Waals surface area contributed by atoms with E-state index in [0.717, 1.165) is 19.6 Å². The Morgan fingerprint density at radius 1 is 0.964 bits per heavy atom. The fourth-order valence-corrected chi connectivity index (χ4v) is 3.17. The van der Waals surface area contributed by atoms with E-state index in [1.54, 1.807) is 31.2 Å². The number of rotatable bonds is 5. The van der Waals surface area contributed by atoms with E-state index in [-0.39, 0.29) is 12.0 Å². The molecule has 2 aromatic rings. The SMILES string of the molecule is CCOC(=O)c1ccc(NC(=O)N2CCN(Cc3ccc(C)cc3)CC2)cc1. The number of nitrogens with one attached hydrogen (secondary N) is 1. The van der Waals surface area contributed by atoms with Gasteiger partial charge in [0, 0.05) is 38.4 Å². The Labute approximate surface area is 166 Å². The van der Waals surface area contributed by atoms with E-state index in [0.29, 0.717) is 30.9 Å². The van der Waals surface area contributed by atoms with Crippen molar-refractivity contribution in [3.05, 3.63) is 65.2 Å². The zero-order valence-electron chi connectivity index (χ0n) is 16.5. The van der Waals surface area contributed by atoms with Gasteiger partial charge in [-0.15, -0.1) is 0 Å². The van der Waals surface area contributed by atoms with Crippen molar-refractivity contribution in [2.45, 2.75) is 20.4 Å². The first-order chi connectivity index (χ1) is 13.5. The van der Waals surface area contributed by atoms with Crippen LogP contribution in [0.3, 0.4) is 0 Å². The van der Waals surface area contributed by atoms with Crippen LogP contribution in [0.15, 0.2) is 48.5 Å². The molecular weight excluding hydrogens is 354 g/mol. The third-order valence-electron chi connectivity index (χ3n) is 4.83. The highest BCUT2D eigenvalue weighted by atomic mass is 16.5. The number of aryl methyl sites for hydroxylation is 1. The van der Waals surface area contributed by atoms with E-state index in [9.17, 15) is 9.59 Å². The summed E-state index contributed by atoms with van der Waals surface area (Å²) in [6, 6.07) is 15.2. The fraction of sp³-hybridized carbons (Fsp3) is 0.364. The summed E-state index contributed by atoms with van der Waals surface area (Å²) in [7, 11) is 0. The van der Waals surface area contributed by atoms with Gasteiger partial charge < -0.3 is 15.0 Å². The van der Waals surface area contributed by atoms with Crippen molar-refractivity contribution in [3.8, 4) is 0 Å². The maximum absolute atomic E-state index is 12.5. The molecule has 2 amide bonds. The van der Waals surface area contributed by atoms with E-state index in [4.69, 9.17) is 4.74 Å². The van der Waals surface area contributed by atoms with E-state index < -0.39 is 0 Å². The molecule has 6 nitrogen and oxygen atoms in total. The fourth-order valence-electron chi connectivity index (χ4n) is 3.17. The lowest BCUT2D eigenvalue weighted by Crippen LogP contribution is -2.49. The molecule has 0 aliphatic carbocycles. The van der Waals surface area contributed by atoms with Gasteiger partial charge in [-0.3, -0.25) is 4.90 Å². The molecule has 28 heavy (non-hydrogen) atoms. The summed E-state index contributed by atoms with van der Waals surface area (Å²) in [5.74, 6) is -0.356. The van der Waals surface area contributed by atoms with E-state index in [2.05, 4.69) is 41.4 Å². The first kappa shape index (κ1) is 19.9. The number of anilines is 1. The van der Waals surface area contributed by atoms with Crippen LogP contribution in [0.5, 0.6) is 0 Å². The third-order valence-corrected chi connectivity index (χ3v) is 4.83. The number of piperazine rings is 1. The molecule has 1 fully saturated rings. The molecule has 0 spiro atoms. The van der Waals surface area contributed by atoms with E-state index in [1.165, 1.54) is 11.1 Å². The van der Waals surface area contributed by atoms with Crippen LogP contribution in [0.2, 0.25) is 0 Å². The smallest absolute Gasteiger partial charge is 0.338 e. The molecule has 0 unspecified atom stereocenters. The summed E-state index contributed by atoms with van der Waals surface area (Å²) in [6.07, 6.45) is 0. The second-order valence-corrected chi connectivity index (χ2v) is 6.98. The Morgan fingerprint density at radius 3 is 2.21 bits per heavy atom. The minimum atomic E-state index is -0.356. The van der Waals surface area contributed by atoms with Gasteiger partial charge in [-0.05, 0) is 43.7 Å². The molecule has 148 valence electrons. The van der Waals surface area contributed by atoms with Crippen LogP contribution in [-0.4, -0.2) is 54.6 Å². The summed E-state index contributed by atoms with van der Waals surface area (Å²) in [4.78, 5) is 28.4. The van der Waals surface area contributed by atoms with Gasteiger partial charge >= 0.3 is 12.0 Å². The van der Waals surface area contributed by atoms with Crippen LogP contribution < -0.4 is 5.32 Å². The Kier molecular flexibility index (Phi) is 6.66. The largest absolute Gasteiger partial charge is 0.462 e. The number of carbonyl (C=O) groups excluding carboxylic acids is 2. The Hall–Kier alpha value is -2.86. The molecule has 0 radical (unpaired) electrons. The Morgan fingerprint density at radius 2 is 1.61 bits per heavy atom. The molecule has 6 heteroatoms.